The van der Waals surface area contributed by atoms with Gasteiger partial charge in [0.05, 0.1) is 10.9 Å². The summed E-state index contributed by atoms with van der Waals surface area (Å²) in [6, 6.07) is 13.0. The average Bonchev–Trinajstić information content (AvgIpc) is 2.60. The fourth-order valence-corrected chi connectivity index (χ4v) is 3.37. The molecular weight excluding hydrogens is 356 g/mol. The highest BCUT2D eigenvalue weighted by Crippen LogP contribution is 2.10. The number of anilines is 1. The molecule has 0 aliphatic carbocycles. The Balaban J connectivity index is 1.90. The van der Waals surface area contributed by atoms with Crippen LogP contribution in [0.5, 0.6) is 0 Å². The molecule has 0 spiro atoms. The summed E-state index contributed by atoms with van der Waals surface area (Å²) in [7, 11) is -3.77. The van der Waals surface area contributed by atoms with Gasteiger partial charge in [0.1, 0.15) is 0 Å². The van der Waals surface area contributed by atoms with E-state index in [0.29, 0.717) is 5.69 Å². The van der Waals surface area contributed by atoms with E-state index >= 15 is 0 Å². The Morgan fingerprint density at radius 3 is 2.23 bits per heavy atom. The van der Waals surface area contributed by atoms with Crippen LogP contribution in [-0.4, -0.2) is 26.4 Å². The van der Waals surface area contributed by atoms with E-state index in [-0.39, 0.29) is 11.4 Å². The monoisotopic (exact) mass is 376 g/mol. The first kappa shape index (κ1) is 19.4. The highest BCUT2D eigenvalue weighted by Gasteiger charge is 2.21. The maximum atomic E-state index is 12.2. The van der Waals surface area contributed by atoms with Gasteiger partial charge in [0.15, 0.2) is 0 Å². The number of nitrogens with two attached hydrogens (primary N) is 1. The summed E-state index contributed by atoms with van der Waals surface area (Å²) in [5, 5.41) is 5.09. The first-order chi connectivity index (χ1) is 12.3. The Bertz CT molecular complexity index is 867. The summed E-state index contributed by atoms with van der Waals surface area (Å²) < 4.78 is 26.8. The van der Waals surface area contributed by atoms with Gasteiger partial charge in [0, 0.05) is 12.2 Å². The Morgan fingerprint density at radius 2 is 1.65 bits per heavy atom. The van der Waals surface area contributed by atoms with Crippen LogP contribution in [-0.2, 0) is 21.4 Å². The van der Waals surface area contributed by atoms with Gasteiger partial charge in [-0.25, -0.2) is 13.2 Å². The van der Waals surface area contributed by atoms with Gasteiger partial charge in [-0.1, -0.05) is 30.3 Å². The molecule has 2 rings (SSSR count). The van der Waals surface area contributed by atoms with E-state index in [1.807, 2.05) is 0 Å². The highest BCUT2D eigenvalue weighted by molar-refractivity contribution is 7.89. The van der Waals surface area contributed by atoms with Gasteiger partial charge in [-0.15, -0.1) is 0 Å². The number of hydrogen-bond donors (Lipinski definition) is 4. The normalized spacial score (nSPS) is 12.2. The average molecular weight is 376 g/mol. The van der Waals surface area contributed by atoms with Gasteiger partial charge in [-0.3, -0.25) is 4.79 Å². The van der Waals surface area contributed by atoms with Gasteiger partial charge in [-0.05, 0) is 36.8 Å². The first-order valence-electron chi connectivity index (χ1n) is 7.78. The van der Waals surface area contributed by atoms with Crippen molar-refractivity contribution >= 4 is 27.6 Å². The summed E-state index contributed by atoms with van der Waals surface area (Å²) in [5.41, 5.74) is 6.35. The number of benzene rings is 2. The zero-order valence-corrected chi connectivity index (χ0v) is 14.9. The molecule has 0 aliphatic heterocycles. The van der Waals surface area contributed by atoms with Crippen LogP contribution in [0, 0.1) is 0 Å². The summed E-state index contributed by atoms with van der Waals surface area (Å²) in [5.74, 6) is -0.455. The number of nitrogens with one attached hydrogen (secondary N) is 3. The summed E-state index contributed by atoms with van der Waals surface area (Å²) in [6.45, 7) is 1.68. The largest absolute Gasteiger partial charge is 0.351 e. The van der Waals surface area contributed by atoms with Gasteiger partial charge < -0.3 is 16.4 Å². The zero-order chi connectivity index (χ0) is 19.2. The third-order valence-electron chi connectivity index (χ3n) is 3.47. The lowest BCUT2D eigenvalue weighted by atomic mass is 10.2. The topological polar surface area (TPSA) is 130 Å². The van der Waals surface area contributed by atoms with E-state index in [1.165, 1.54) is 19.1 Å². The van der Waals surface area contributed by atoms with Crippen LogP contribution in [0.2, 0.25) is 0 Å². The quantitative estimate of drug-likeness (QED) is 0.577. The molecule has 1 atom stereocenters. The Labute approximate surface area is 151 Å². The fraction of sp³-hybridized carbons (Fsp3) is 0.176. The smallest absolute Gasteiger partial charge is 0.316 e. The fourth-order valence-electron chi connectivity index (χ4n) is 2.14. The molecule has 0 unspecified atom stereocenters. The molecule has 138 valence electrons. The Hall–Kier alpha value is -2.91. The second-order valence-electron chi connectivity index (χ2n) is 5.56. The van der Waals surface area contributed by atoms with Gasteiger partial charge in [0.25, 0.3) is 0 Å². The number of urea groups is 1. The molecule has 26 heavy (non-hydrogen) atoms. The lowest BCUT2D eigenvalue weighted by molar-refractivity contribution is -0.122. The number of carbonyl (C=O) groups excluding carboxylic acids is 2. The lowest BCUT2D eigenvalue weighted by Gasteiger charge is -2.14. The molecule has 3 amide bonds. The molecule has 5 N–H and O–H groups in total. The molecule has 0 saturated carbocycles. The van der Waals surface area contributed by atoms with Gasteiger partial charge in [0.2, 0.25) is 15.9 Å². The number of sulfonamides is 1. The van der Waals surface area contributed by atoms with Crippen molar-refractivity contribution in [3.8, 4) is 0 Å². The van der Waals surface area contributed by atoms with Crippen molar-refractivity contribution in [2.75, 3.05) is 5.32 Å². The SMILES string of the molecule is C[C@H](NS(=O)(=O)c1ccccc1)C(=O)NCc1ccc(NC(N)=O)cc1. The molecular formula is C17H20N4O4S. The zero-order valence-electron chi connectivity index (χ0n) is 14.1. The third-order valence-corrected chi connectivity index (χ3v) is 5.02. The summed E-state index contributed by atoms with van der Waals surface area (Å²) >= 11 is 0. The van der Waals surface area contributed by atoms with Crippen molar-refractivity contribution in [2.45, 2.75) is 24.4 Å². The highest BCUT2D eigenvalue weighted by atomic mass is 32.2. The molecule has 0 aromatic heterocycles. The number of amides is 3. The molecule has 0 heterocycles. The van der Waals surface area contributed by atoms with Crippen LogP contribution in [0.4, 0.5) is 10.5 Å². The molecule has 2 aromatic carbocycles. The minimum atomic E-state index is -3.77. The van der Waals surface area contributed by atoms with E-state index in [2.05, 4.69) is 15.4 Å². The van der Waals surface area contributed by atoms with Crippen LogP contribution in [0.15, 0.2) is 59.5 Å². The van der Waals surface area contributed by atoms with E-state index < -0.39 is 28.0 Å². The van der Waals surface area contributed by atoms with Crippen molar-refractivity contribution in [2.24, 2.45) is 5.73 Å². The predicted molar refractivity (Wildman–Crippen MR) is 97.7 cm³/mol. The Kier molecular flexibility index (Phi) is 6.31. The molecule has 9 heteroatoms. The minimum Gasteiger partial charge on any atom is -0.351 e. The summed E-state index contributed by atoms with van der Waals surface area (Å²) in [6.07, 6.45) is 0. The van der Waals surface area contributed by atoms with Crippen molar-refractivity contribution < 1.29 is 18.0 Å². The second kappa shape index (κ2) is 8.45. The lowest BCUT2D eigenvalue weighted by Crippen LogP contribution is -2.44. The maximum Gasteiger partial charge on any atom is 0.316 e. The standard InChI is InChI=1S/C17H20N4O4S/c1-12(21-26(24,25)15-5-3-2-4-6-15)16(22)19-11-13-7-9-14(10-8-13)20-17(18)23/h2-10,12,21H,11H2,1H3,(H,19,22)(H3,18,20,23)/t12-/m0/s1. The summed E-state index contributed by atoms with van der Waals surface area (Å²) in [4.78, 5) is 23.0. The first-order valence-corrected chi connectivity index (χ1v) is 9.27. The molecule has 8 nitrogen and oxygen atoms in total. The molecule has 2 aromatic rings. The minimum absolute atomic E-state index is 0.0946. The van der Waals surface area contributed by atoms with E-state index in [4.69, 9.17) is 5.73 Å². The van der Waals surface area contributed by atoms with Crippen molar-refractivity contribution in [1.29, 1.82) is 0 Å². The van der Waals surface area contributed by atoms with Crippen LogP contribution < -0.4 is 21.1 Å². The van der Waals surface area contributed by atoms with E-state index in [0.717, 1.165) is 5.56 Å². The predicted octanol–water partition coefficient (Wildman–Crippen LogP) is 1.16. The molecule has 0 saturated heterocycles. The number of primary amides is 1. The Morgan fingerprint density at radius 1 is 1.04 bits per heavy atom. The molecule has 0 radical (unpaired) electrons. The number of carbonyl (C=O) groups is 2. The van der Waals surface area contributed by atoms with Gasteiger partial charge in [-0.2, -0.15) is 4.72 Å². The van der Waals surface area contributed by atoms with E-state index in [1.54, 1.807) is 42.5 Å². The van der Waals surface area contributed by atoms with Crippen LogP contribution in [0.3, 0.4) is 0 Å². The number of rotatable bonds is 7. The molecule has 0 aliphatic rings. The molecule has 0 bridgehead atoms. The van der Waals surface area contributed by atoms with Crippen LogP contribution >= 0.6 is 0 Å². The van der Waals surface area contributed by atoms with Crippen molar-refractivity contribution in [1.82, 2.24) is 10.0 Å². The number of hydrogen-bond acceptors (Lipinski definition) is 4. The third kappa shape index (κ3) is 5.57. The van der Waals surface area contributed by atoms with E-state index in [9.17, 15) is 18.0 Å². The van der Waals surface area contributed by atoms with Crippen LogP contribution in [0.1, 0.15) is 12.5 Å². The van der Waals surface area contributed by atoms with Gasteiger partial charge >= 0.3 is 6.03 Å². The molecule has 0 fully saturated rings. The maximum absolute atomic E-state index is 12.2. The second-order valence-corrected chi connectivity index (χ2v) is 7.27. The van der Waals surface area contributed by atoms with Crippen molar-refractivity contribution in [3.63, 3.8) is 0 Å². The van der Waals surface area contributed by atoms with Crippen molar-refractivity contribution in [3.05, 3.63) is 60.2 Å². The van der Waals surface area contributed by atoms with Crippen LogP contribution in [0.25, 0.3) is 0 Å².